The molecule has 1 fully saturated rings. The van der Waals surface area contributed by atoms with Gasteiger partial charge in [0.2, 0.25) is 0 Å². The maximum Gasteiger partial charge on any atom is 0.138 e. The first-order valence-corrected chi connectivity index (χ1v) is 6.40. The van der Waals surface area contributed by atoms with Crippen LogP contribution in [0.4, 0.5) is 0 Å². The van der Waals surface area contributed by atoms with Gasteiger partial charge in [0.1, 0.15) is 5.76 Å². The Labute approximate surface area is 103 Å². The smallest absolute Gasteiger partial charge is 0.138 e. The maximum atomic E-state index is 5.53. The highest BCUT2D eigenvalue weighted by Crippen LogP contribution is 2.21. The molecule has 2 unspecified atom stereocenters. The van der Waals surface area contributed by atoms with Crippen molar-refractivity contribution in [2.45, 2.75) is 58.2 Å². The van der Waals surface area contributed by atoms with Gasteiger partial charge in [0.25, 0.3) is 0 Å². The minimum Gasteiger partial charge on any atom is -0.380 e. The molecule has 1 N–H and O–H groups in total. The highest BCUT2D eigenvalue weighted by molar-refractivity contribution is 5.20. The van der Waals surface area contributed by atoms with Gasteiger partial charge in [-0.1, -0.05) is 18.0 Å². The fourth-order valence-electron chi connectivity index (χ4n) is 2.60. The Morgan fingerprint density at radius 1 is 1.35 bits per heavy atom. The van der Waals surface area contributed by atoms with Crippen molar-refractivity contribution in [3.8, 4) is 0 Å². The standard InChI is InChI=1S/C13H22N2O2/c1-9-11(10(2)17-15-9)8-14-12-6-4-5-7-13(12)16-3/h12-14H,4-8H2,1-3H3. The quantitative estimate of drug-likeness (QED) is 0.874. The molecule has 0 aliphatic heterocycles. The van der Waals surface area contributed by atoms with Gasteiger partial charge >= 0.3 is 0 Å². The third-order valence-corrected chi connectivity index (χ3v) is 3.73. The summed E-state index contributed by atoms with van der Waals surface area (Å²) >= 11 is 0. The van der Waals surface area contributed by atoms with Crippen LogP contribution in [0.2, 0.25) is 0 Å². The highest BCUT2D eigenvalue weighted by atomic mass is 16.5. The second-order valence-electron chi connectivity index (χ2n) is 4.85. The number of aryl methyl sites for hydroxylation is 2. The van der Waals surface area contributed by atoms with Crippen molar-refractivity contribution in [2.75, 3.05) is 7.11 Å². The molecule has 1 aromatic rings. The van der Waals surface area contributed by atoms with E-state index < -0.39 is 0 Å². The maximum absolute atomic E-state index is 5.53. The SMILES string of the molecule is COC1CCCCC1NCc1c(C)noc1C. The number of hydrogen-bond acceptors (Lipinski definition) is 4. The molecule has 0 amide bonds. The van der Waals surface area contributed by atoms with Crippen LogP contribution >= 0.6 is 0 Å². The van der Waals surface area contributed by atoms with Crippen LogP contribution in [0.5, 0.6) is 0 Å². The monoisotopic (exact) mass is 238 g/mol. The van der Waals surface area contributed by atoms with Crippen molar-refractivity contribution in [3.63, 3.8) is 0 Å². The van der Waals surface area contributed by atoms with Gasteiger partial charge in [0.15, 0.2) is 0 Å². The summed E-state index contributed by atoms with van der Waals surface area (Å²) in [4.78, 5) is 0. The number of methoxy groups -OCH3 is 1. The van der Waals surface area contributed by atoms with E-state index in [4.69, 9.17) is 9.26 Å². The van der Waals surface area contributed by atoms with Crippen LogP contribution < -0.4 is 5.32 Å². The van der Waals surface area contributed by atoms with E-state index >= 15 is 0 Å². The van der Waals surface area contributed by atoms with Gasteiger partial charge in [0, 0.05) is 25.3 Å². The van der Waals surface area contributed by atoms with Crippen molar-refractivity contribution in [1.29, 1.82) is 0 Å². The Hall–Kier alpha value is -0.870. The largest absolute Gasteiger partial charge is 0.380 e. The highest BCUT2D eigenvalue weighted by Gasteiger charge is 2.24. The number of hydrogen-bond donors (Lipinski definition) is 1. The first kappa shape index (κ1) is 12.6. The van der Waals surface area contributed by atoms with Crippen LogP contribution in [-0.2, 0) is 11.3 Å². The van der Waals surface area contributed by atoms with Crippen LogP contribution in [0.1, 0.15) is 42.7 Å². The molecule has 0 saturated heterocycles. The molecule has 17 heavy (non-hydrogen) atoms. The van der Waals surface area contributed by atoms with Crippen molar-refractivity contribution < 1.29 is 9.26 Å². The number of ether oxygens (including phenoxy) is 1. The van der Waals surface area contributed by atoms with E-state index in [0.29, 0.717) is 12.1 Å². The van der Waals surface area contributed by atoms with Gasteiger partial charge in [-0.2, -0.15) is 0 Å². The zero-order valence-electron chi connectivity index (χ0n) is 11.0. The van der Waals surface area contributed by atoms with E-state index in [1.807, 2.05) is 13.8 Å². The number of rotatable bonds is 4. The second kappa shape index (κ2) is 5.65. The van der Waals surface area contributed by atoms with E-state index in [9.17, 15) is 0 Å². The summed E-state index contributed by atoms with van der Waals surface area (Å²) in [5.74, 6) is 0.916. The fourth-order valence-corrected chi connectivity index (χ4v) is 2.60. The van der Waals surface area contributed by atoms with Crippen molar-refractivity contribution in [1.82, 2.24) is 10.5 Å². The Bertz CT molecular complexity index is 343. The van der Waals surface area contributed by atoms with Crippen LogP contribution in [0.25, 0.3) is 0 Å². The van der Waals surface area contributed by atoms with E-state index in [-0.39, 0.29) is 0 Å². The fraction of sp³-hybridized carbons (Fsp3) is 0.769. The van der Waals surface area contributed by atoms with Crippen LogP contribution in [0.3, 0.4) is 0 Å². The summed E-state index contributed by atoms with van der Waals surface area (Å²) in [6, 6.07) is 0.461. The molecule has 0 spiro atoms. The summed E-state index contributed by atoms with van der Waals surface area (Å²) in [5, 5.41) is 7.55. The normalized spacial score (nSPS) is 25.1. The molecule has 1 saturated carbocycles. The van der Waals surface area contributed by atoms with Crippen molar-refractivity contribution in [2.24, 2.45) is 0 Å². The lowest BCUT2D eigenvalue weighted by Crippen LogP contribution is -2.42. The molecule has 2 rings (SSSR count). The third-order valence-electron chi connectivity index (χ3n) is 3.73. The minimum absolute atomic E-state index is 0.351. The van der Waals surface area contributed by atoms with Gasteiger partial charge in [-0.3, -0.25) is 0 Å². The molecule has 2 atom stereocenters. The summed E-state index contributed by atoms with van der Waals surface area (Å²) in [6.07, 6.45) is 5.28. The Morgan fingerprint density at radius 3 is 2.76 bits per heavy atom. The zero-order chi connectivity index (χ0) is 12.3. The Morgan fingerprint density at radius 2 is 2.12 bits per heavy atom. The van der Waals surface area contributed by atoms with E-state index in [1.54, 1.807) is 7.11 Å². The molecule has 4 nitrogen and oxygen atoms in total. The number of aromatic nitrogens is 1. The van der Waals surface area contributed by atoms with Crippen LogP contribution in [-0.4, -0.2) is 24.4 Å². The average molecular weight is 238 g/mol. The van der Waals surface area contributed by atoms with Gasteiger partial charge < -0.3 is 14.6 Å². The topological polar surface area (TPSA) is 47.3 Å². The average Bonchev–Trinajstić information content (AvgIpc) is 2.67. The van der Waals surface area contributed by atoms with Gasteiger partial charge in [0.05, 0.1) is 11.8 Å². The second-order valence-corrected chi connectivity index (χ2v) is 4.85. The number of nitrogens with one attached hydrogen (secondary N) is 1. The summed E-state index contributed by atoms with van der Waals surface area (Å²) < 4.78 is 10.7. The Kier molecular flexibility index (Phi) is 4.18. The first-order chi connectivity index (χ1) is 8.22. The van der Waals surface area contributed by atoms with E-state index in [1.165, 1.54) is 24.8 Å². The molecule has 1 heterocycles. The first-order valence-electron chi connectivity index (χ1n) is 6.40. The molecule has 4 heteroatoms. The van der Waals surface area contributed by atoms with Crippen molar-refractivity contribution >= 4 is 0 Å². The zero-order valence-corrected chi connectivity index (χ0v) is 11.0. The molecule has 96 valence electrons. The molecule has 0 bridgehead atoms. The lowest BCUT2D eigenvalue weighted by atomic mass is 9.92. The molecular formula is C13H22N2O2. The van der Waals surface area contributed by atoms with Crippen LogP contribution in [0, 0.1) is 13.8 Å². The number of nitrogens with zero attached hydrogens (tertiary/aromatic N) is 1. The molecular weight excluding hydrogens is 216 g/mol. The van der Waals surface area contributed by atoms with Crippen molar-refractivity contribution in [3.05, 3.63) is 17.0 Å². The lowest BCUT2D eigenvalue weighted by Gasteiger charge is -2.31. The van der Waals surface area contributed by atoms with Crippen LogP contribution in [0.15, 0.2) is 4.52 Å². The summed E-state index contributed by atoms with van der Waals surface area (Å²) in [7, 11) is 1.81. The van der Waals surface area contributed by atoms with Gasteiger partial charge in [-0.15, -0.1) is 0 Å². The molecule has 1 aliphatic rings. The van der Waals surface area contributed by atoms with E-state index in [0.717, 1.165) is 24.4 Å². The van der Waals surface area contributed by atoms with E-state index in [2.05, 4.69) is 10.5 Å². The molecule has 0 aromatic carbocycles. The lowest BCUT2D eigenvalue weighted by molar-refractivity contribution is 0.0412. The predicted octanol–water partition coefficient (Wildman–Crippen LogP) is 2.34. The molecule has 1 aromatic heterocycles. The summed E-state index contributed by atoms with van der Waals surface area (Å²) in [5.41, 5.74) is 2.17. The molecule has 1 aliphatic carbocycles. The Balaban J connectivity index is 1.92. The summed E-state index contributed by atoms with van der Waals surface area (Å²) in [6.45, 7) is 4.78. The minimum atomic E-state index is 0.351. The third kappa shape index (κ3) is 2.87. The molecule has 0 radical (unpaired) electrons. The van der Waals surface area contributed by atoms with Gasteiger partial charge in [-0.05, 0) is 26.7 Å². The predicted molar refractivity (Wildman–Crippen MR) is 65.9 cm³/mol. The van der Waals surface area contributed by atoms with Gasteiger partial charge in [-0.25, -0.2) is 0 Å².